The highest BCUT2D eigenvalue weighted by atomic mass is 79.9. The van der Waals surface area contributed by atoms with Gasteiger partial charge in [-0.1, -0.05) is 52.3 Å². The van der Waals surface area contributed by atoms with Crippen LogP contribution >= 0.6 is 15.9 Å². The van der Waals surface area contributed by atoms with E-state index in [9.17, 15) is 9.59 Å². The third kappa shape index (κ3) is 2.04. The lowest BCUT2D eigenvalue weighted by atomic mass is 10.0. The van der Waals surface area contributed by atoms with Gasteiger partial charge in [0.2, 0.25) is 11.6 Å². The van der Waals surface area contributed by atoms with Crippen molar-refractivity contribution in [1.82, 2.24) is 0 Å². The molecule has 3 heteroatoms. The Morgan fingerprint density at radius 2 is 1.69 bits per heavy atom. The molecule has 0 aliphatic heterocycles. The molecule has 0 N–H and O–H groups in total. The van der Waals surface area contributed by atoms with E-state index >= 15 is 0 Å². The van der Waals surface area contributed by atoms with E-state index in [-0.39, 0.29) is 5.33 Å². The Morgan fingerprint density at radius 1 is 1.00 bits per heavy atom. The molecule has 2 aromatic carbocycles. The van der Waals surface area contributed by atoms with Crippen molar-refractivity contribution < 1.29 is 9.59 Å². The van der Waals surface area contributed by atoms with Crippen molar-refractivity contribution in [3.63, 3.8) is 0 Å². The number of hydrogen-bond acceptors (Lipinski definition) is 2. The lowest BCUT2D eigenvalue weighted by Gasteiger charge is -2.01. The fraction of sp³-hybridized carbons (Fsp3) is 0.0769. The summed E-state index contributed by atoms with van der Waals surface area (Å²) in [4.78, 5) is 22.9. The Bertz CT molecular complexity index is 561. The van der Waals surface area contributed by atoms with Crippen molar-refractivity contribution in [2.75, 3.05) is 5.33 Å². The molecule has 0 aliphatic carbocycles. The van der Waals surface area contributed by atoms with Crippen LogP contribution in [0.4, 0.5) is 0 Å². The Balaban J connectivity index is 2.47. The SMILES string of the molecule is O=C(CBr)C(=O)c1ccc2ccccc2c1. The first-order chi connectivity index (χ1) is 7.72. The summed E-state index contributed by atoms with van der Waals surface area (Å²) >= 11 is 2.99. The number of Topliss-reactive ketones (excluding diaryl/α,β-unsaturated/α-hetero) is 2. The van der Waals surface area contributed by atoms with Crippen LogP contribution < -0.4 is 0 Å². The summed E-state index contributed by atoms with van der Waals surface area (Å²) in [6, 6.07) is 13.0. The predicted octanol–water partition coefficient (Wildman–Crippen LogP) is 2.99. The Hall–Kier alpha value is -1.48. The van der Waals surface area contributed by atoms with Crippen LogP contribution in [0, 0.1) is 0 Å². The van der Waals surface area contributed by atoms with E-state index in [4.69, 9.17) is 0 Å². The van der Waals surface area contributed by atoms with Crippen LogP contribution in [0.15, 0.2) is 42.5 Å². The van der Waals surface area contributed by atoms with Crippen LogP contribution in [0.3, 0.4) is 0 Å². The Kier molecular flexibility index (Phi) is 3.15. The molecule has 0 aromatic heterocycles. The van der Waals surface area contributed by atoms with Gasteiger partial charge in [-0.3, -0.25) is 9.59 Å². The number of halogens is 1. The highest BCUT2D eigenvalue weighted by Gasteiger charge is 2.14. The van der Waals surface area contributed by atoms with Crippen molar-refractivity contribution in [2.45, 2.75) is 0 Å². The average molecular weight is 277 g/mol. The van der Waals surface area contributed by atoms with Crippen LogP contribution in [0.2, 0.25) is 0 Å². The topological polar surface area (TPSA) is 34.1 Å². The monoisotopic (exact) mass is 276 g/mol. The highest BCUT2D eigenvalue weighted by Crippen LogP contribution is 2.16. The van der Waals surface area contributed by atoms with E-state index in [0.29, 0.717) is 5.56 Å². The Morgan fingerprint density at radius 3 is 2.38 bits per heavy atom. The number of fused-ring (bicyclic) bond motifs is 1. The molecule has 2 nitrogen and oxygen atoms in total. The number of rotatable bonds is 3. The second kappa shape index (κ2) is 4.58. The van der Waals surface area contributed by atoms with E-state index < -0.39 is 11.6 Å². The second-order valence-corrected chi connectivity index (χ2v) is 4.01. The zero-order chi connectivity index (χ0) is 11.5. The Labute approximate surface area is 101 Å². The fourth-order valence-corrected chi connectivity index (χ4v) is 1.81. The minimum Gasteiger partial charge on any atom is -0.290 e. The molecule has 2 rings (SSSR count). The van der Waals surface area contributed by atoms with Gasteiger partial charge in [-0.05, 0) is 16.8 Å². The minimum absolute atomic E-state index is 0.0681. The van der Waals surface area contributed by atoms with Gasteiger partial charge in [0.1, 0.15) is 0 Å². The maximum absolute atomic E-state index is 11.6. The highest BCUT2D eigenvalue weighted by molar-refractivity contribution is 9.09. The number of hydrogen-bond donors (Lipinski definition) is 0. The molecule has 80 valence electrons. The van der Waals surface area contributed by atoms with E-state index in [1.165, 1.54) is 0 Å². The standard InChI is InChI=1S/C13H9BrO2/c14-8-12(15)13(16)11-6-5-9-3-1-2-4-10(9)7-11/h1-7H,8H2. The fourth-order valence-electron chi connectivity index (χ4n) is 1.55. The molecule has 0 amide bonds. The molecule has 0 saturated heterocycles. The van der Waals surface area contributed by atoms with Gasteiger partial charge in [0.05, 0.1) is 5.33 Å². The van der Waals surface area contributed by atoms with Crippen molar-refractivity contribution in [1.29, 1.82) is 0 Å². The third-order valence-electron chi connectivity index (χ3n) is 2.39. The average Bonchev–Trinajstić information content (AvgIpc) is 2.36. The van der Waals surface area contributed by atoms with Crippen molar-refractivity contribution in [3.05, 3.63) is 48.0 Å². The number of carbonyl (C=O) groups is 2. The first-order valence-corrected chi connectivity index (χ1v) is 5.97. The normalized spacial score (nSPS) is 10.3. The molecular weight excluding hydrogens is 268 g/mol. The van der Waals surface area contributed by atoms with Crippen molar-refractivity contribution in [3.8, 4) is 0 Å². The molecule has 0 heterocycles. The molecule has 2 aromatic rings. The minimum atomic E-state index is -0.442. The molecule has 0 unspecified atom stereocenters. The number of benzene rings is 2. The van der Waals surface area contributed by atoms with Gasteiger partial charge in [0.25, 0.3) is 0 Å². The van der Waals surface area contributed by atoms with Crippen molar-refractivity contribution in [2.24, 2.45) is 0 Å². The summed E-state index contributed by atoms with van der Waals surface area (Å²) in [5.41, 5.74) is 0.447. The number of carbonyl (C=O) groups excluding carboxylic acids is 2. The quantitative estimate of drug-likeness (QED) is 0.491. The van der Waals surface area contributed by atoms with Gasteiger partial charge in [0.15, 0.2) is 0 Å². The van der Waals surface area contributed by atoms with Gasteiger partial charge < -0.3 is 0 Å². The molecule has 0 spiro atoms. The van der Waals surface area contributed by atoms with E-state index in [2.05, 4.69) is 15.9 Å². The van der Waals surface area contributed by atoms with Gasteiger partial charge in [-0.15, -0.1) is 0 Å². The van der Waals surface area contributed by atoms with Gasteiger partial charge >= 0.3 is 0 Å². The molecule has 0 saturated carbocycles. The molecule has 0 bridgehead atoms. The smallest absolute Gasteiger partial charge is 0.229 e. The number of alkyl halides is 1. The zero-order valence-electron chi connectivity index (χ0n) is 8.44. The first-order valence-electron chi connectivity index (χ1n) is 4.84. The third-order valence-corrected chi connectivity index (χ3v) is 2.90. The van der Waals surface area contributed by atoms with Crippen LogP contribution in [0.25, 0.3) is 10.8 Å². The molecule has 0 fully saturated rings. The van der Waals surface area contributed by atoms with E-state index in [0.717, 1.165) is 10.8 Å². The summed E-state index contributed by atoms with van der Waals surface area (Å²) < 4.78 is 0. The number of ketones is 2. The van der Waals surface area contributed by atoms with Crippen LogP contribution in [0.1, 0.15) is 10.4 Å². The van der Waals surface area contributed by atoms with Gasteiger partial charge in [-0.2, -0.15) is 0 Å². The zero-order valence-corrected chi connectivity index (χ0v) is 10.0. The maximum Gasteiger partial charge on any atom is 0.229 e. The lowest BCUT2D eigenvalue weighted by Crippen LogP contribution is -2.14. The second-order valence-electron chi connectivity index (χ2n) is 3.45. The van der Waals surface area contributed by atoms with Gasteiger partial charge in [-0.25, -0.2) is 0 Å². The van der Waals surface area contributed by atoms with Crippen LogP contribution in [-0.4, -0.2) is 16.9 Å². The van der Waals surface area contributed by atoms with Crippen molar-refractivity contribution >= 4 is 38.3 Å². The first kappa shape index (κ1) is 11.0. The molecule has 0 radical (unpaired) electrons. The van der Waals surface area contributed by atoms with Gasteiger partial charge in [0, 0.05) is 5.56 Å². The maximum atomic E-state index is 11.6. The summed E-state index contributed by atoms with van der Waals surface area (Å²) in [6.45, 7) is 0. The molecule has 0 atom stereocenters. The molecule has 16 heavy (non-hydrogen) atoms. The lowest BCUT2D eigenvalue weighted by molar-refractivity contribution is -0.112. The van der Waals surface area contributed by atoms with E-state index in [1.54, 1.807) is 12.1 Å². The van der Waals surface area contributed by atoms with E-state index in [1.807, 2.05) is 30.3 Å². The summed E-state index contributed by atoms with van der Waals surface area (Å²) in [7, 11) is 0. The van der Waals surface area contributed by atoms with Crippen LogP contribution in [-0.2, 0) is 4.79 Å². The molecule has 0 aliphatic rings. The largest absolute Gasteiger partial charge is 0.290 e. The van der Waals surface area contributed by atoms with Crippen LogP contribution in [0.5, 0.6) is 0 Å². The predicted molar refractivity (Wildman–Crippen MR) is 67.1 cm³/mol. The molecular formula is C13H9BrO2. The summed E-state index contributed by atoms with van der Waals surface area (Å²) in [5.74, 6) is -0.863. The summed E-state index contributed by atoms with van der Waals surface area (Å²) in [5, 5.41) is 2.10. The summed E-state index contributed by atoms with van der Waals surface area (Å²) in [6.07, 6.45) is 0.